The van der Waals surface area contributed by atoms with Crippen LogP contribution in [0.15, 0.2) is 77.7 Å². The number of hydrogen-bond acceptors (Lipinski definition) is 5. The van der Waals surface area contributed by atoms with Crippen molar-refractivity contribution >= 4 is 38.9 Å². The SMILES string of the molecule is CC1CN(S(=O)(=O)c2ccc(NC(=O)COc3ccc(Cl)cc3)cc2)c2ccccc2O1. The number of carbonyl (C=O) groups is 1. The van der Waals surface area contributed by atoms with Gasteiger partial charge in [0.15, 0.2) is 6.61 Å². The lowest BCUT2D eigenvalue weighted by Gasteiger charge is -2.34. The number of ether oxygens (including phenoxy) is 2. The van der Waals surface area contributed by atoms with Crippen LogP contribution in [0.25, 0.3) is 0 Å². The first kappa shape index (κ1) is 22.0. The Labute approximate surface area is 191 Å². The fraction of sp³-hybridized carbons (Fsp3) is 0.174. The smallest absolute Gasteiger partial charge is 0.264 e. The van der Waals surface area contributed by atoms with Gasteiger partial charge < -0.3 is 14.8 Å². The molecule has 0 bridgehead atoms. The number of amides is 1. The van der Waals surface area contributed by atoms with Gasteiger partial charge in [-0.3, -0.25) is 9.10 Å². The van der Waals surface area contributed by atoms with Crippen LogP contribution in [0.4, 0.5) is 11.4 Å². The molecule has 7 nitrogen and oxygen atoms in total. The highest BCUT2D eigenvalue weighted by Gasteiger charge is 2.32. The van der Waals surface area contributed by atoms with Gasteiger partial charge in [0, 0.05) is 10.7 Å². The van der Waals surface area contributed by atoms with Crippen molar-refractivity contribution in [1.82, 2.24) is 0 Å². The van der Waals surface area contributed by atoms with Crippen molar-refractivity contribution in [2.75, 3.05) is 22.8 Å². The van der Waals surface area contributed by atoms with Crippen LogP contribution >= 0.6 is 11.6 Å². The topological polar surface area (TPSA) is 84.9 Å². The predicted molar refractivity (Wildman–Crippen MR) is 123 cm³/mol. The summed E-state index contributed by atoms with van der Waals surface area (Å²) >= 11 is 5.82. The van der Waals surface area contributed by atoms with E-state index in [4.69, 9.17) is 21.1 Å². The molecule has 0 radical (unpaired) electrons. The molecule has 0 aromatic heterocycles. The first-order valence-corrected chi connectivity index (χ1v) is 11.7. The summed E-state index contributed by atoms with van der Waals surface area (Å²) in [5, 5.41) is 3.26. The number of fused-ring (bicyclic) bond motifs is 1. The van der Waals surface area contributed by atoms with Gasteiger partial charge in [-0.15, -0.1) is 0 Å². The third-order valence-electron chi connectivity index (χ3n) is 4.79. The second kappa shape index (κ2) is 9.10. The maximum absolute atomic E-state index is 13.3. The minimum absolute atomic E-state index is 0.122. The number of carbonyl (C=O) groups excluding carboxylic acids is 1. The number of benzene rings is 3. The van der Waals surface area contributed by atoms with Crippen molar-refractivity contribution in [3.05, 3.63) is 77.8 Å². The van der Waals surface area contributed by atoms with E-state index in [0.29, 0.717) is 27.9 Å². The average Bonchev–Trinajstić information content (AvgIpc) is 2.78. The fourth-order valence-electron chi connectivity index (χ4n) is 3.29. The summed E-state index contributed by atoms with van der Waals surface area (Å²) < 4.78 is 39.0. The zero-order valence-electron chi connectivity index (χ0n) is 17.2. The van der Waals surface area contributed by atoms with Crippen LogP contribution in [0.3, 0.4) is 0 Å². The van der Waals surface area contributed by atoms with Crippen LogP contribution in [-0.4, -0.2) is 33.6 Å². The van der Waals surface area contributed by atoms with Gasteiger partial charge in [0.05, 0.1) is 17.1 Å². The highest BCUT2D eigenvalue weighted by Crippen LogP contribution is 2.36. The minimum atomic E-state index is -3.80. The number of nitrogens with one attached hydrogen (secondary N) is 1. The van der Waals surface area contributed by atoms with E-state index in [1.807, 2.05) is 6.92 Å². The number of nitrogens with zero attached hydrogens (tertiary/aromatic N) is 1. The van der Waals surface area contributed by atoms with Crippen LogP contribution in [0.2, 0.25) is 5.02 Å². The van der Waals surface area contributed by atoms with E-state index in [1.54, 1.807) is 60.7 Å². The summed E-state index contributed by atoms with van der Waals surface area (Å²) in [6.45, 7) is 1.84. The molecule has 0 saturated heterocycles. The Balaban J connectivity index is 1.44. The lowest BCUT2D eigenvalue weighted by atomic mass is 10.2. The number of hydrogen-bond donors (Lipinski definition) is 1. The van der Waals surface area contributed by atoms with Gasteiger partial charge in [-0.1, -0.05) is 23.7 Å². The molecule has 0 saturated carbocycles. The summed E-state index contributed by atoms with van der Waals surface area (Å²) in [6.07, 6.45) is -0.279. The Morgan fingerprint density at radius 2 is 1.78 bits per heavy atom. The molecule has 9 heteroatoms. The van der Waals surface area contributed by atoms with Gasteiger partial charge >= 0.3 is 0 Å². The predicted octanol–water partition coefficient (Wildman–Crippen LogP) is 4.33. The molecule has 3 aromatic carbocycles. The standard InChI is InChI=1S/C23H21ClN2O5S/c1-16-14-26(21-4-2-3-5-22(21)31-16)32(28,29)20-12-8-18(9-13-20)25-23(27)15-30-19-10-6-17(24)7-11-19/h2-13,16H,14-15H2,1H3,(H,25,27). The number of halogens is 1. The molecule has 1 aliphatic heterocycles. The number of para-hydroxylation sites is 2. The number of rotatable bonds is 6. The van der Waals surface area contributed by atoms with E-state index >= 15 is 0 Å². The van der Waals surface area contributed by atoms with Gasteiger partial charge in [0.2, 0.25) is 0 Å². The third-order valence-corrected chi connectivity index (χ3v) is 6.84. The molecule has 32 heavy (non-hydrogen) atoms. The van der Waals surface area contributed by atoms with Crippen molar-refractivity contribution in [1.29, 1.82) is 0 Å². The van der Waals surface area contributed by atoms with Crippen molar-refractivity contribution in [3.8, 4) is 11.5 Å². The van der Waals surface area contributed by atoms with E-state index in [9.17, 15) is 13.2 Å². The van der Waals surface area contributed by atoms with Crippen molar-refractivity contribution in [2.24, 2.45) is 0 Å². The zero-order chi connectivity index (χ0) is 22.7. The molecule has 0 fully saturated rings. The molecule has 1 heterocycles. The molecular formula is C23H21ClN2O5S. The monoisotopic (exact) mass is 472 g/mol. The molecule has 166 valence electrons. The Morgan fingerprint density at radius 1 is 1.09 bits per heavy atom. The van der Waals surface area contributed by atoms with Crippen LogP contribution in [0.5, 0.6) is 11.5 Å². The van der Waals surface area contributed by atoms with E-state index in [0.717, 1.165) is 0 Å². The van der Waals surface area contributed by atoms with Gasteiger partial charge in [-0.2, -0.15) is 0 Å². The Kier molecular flexibility index (Phi) is 6.25. The summed E-state index contributed by atoms with van der Waals surface area (Å²) in [7, 11) is -3.80. The van der Waals surface area contributed by atoms with E-state index in [2.05, 4.69) is 5.32 Å². The highest BCUT2D eigenvalue weighted by molar-refractivity contribution is 7.92. The molecular weight excluding hydrogens is 452 g/mol. The summed E-state index contributed by atoms with van der Waals surface area (Å²) in [6, 6.07) is 19.7. The van der Waals surface area contributed by atoms with Crippen LogP contribution < -0.4 is 19.1 Å². The first-order valence-electron chi connectivity index (χ1n) is 9.89. The molecule has 0 aliphatic carbocycles. The van der Waals surface area contributed by atoms with E-state index < -0.39 is 10.0 Å². The third kappa shape index (κ3) is 4.81. The first-order chi connectivity index (χ1) is 15.3. The lowest BCUT2D eigenvalue weighted by molar-refractivity contribution is -0.118. The molecule has 1 N–H and O–H groups in total. The Bertz CT molecular complexity index is 1210. The van der Waals surface area contributed by atoms with E-state index in [1.165, 1.54) is 16.4 Å². The second-order valence-electron chi connectivity index (χ2n) is 7.25. The Morgan fingerprint density at radius 3 is 2.50 bits per heavy atom. The molecule has 1 atom stereocenters. The quantitative estimate of drug-likeness (QED) is 0.577. The van der Waals surface area contributed by atoms with Crippen molar-refractivity contribution in [3.63, 3.8) is 0 Å². The maximum Gasteiger partial charge on any atom is 0.264 e. The normalized spacial score (nSPS) is 15.4. The molecule has 1 aliphatic rings. The van der Waals surface area contributed by atoms with Crippen molar-refractivity contribution in [2.45, 2.75) is 17.9 Å². The largest absolute Gasteiger partial charge is 0.487 e. The summed E-state index contributed by atoms with van der Waals surface area (Å²) in [5.41, 5.74) is 0.965. The Hall–Kier alpha value is -3.23. The number of anilines is 2. The maximum atomic E-state index is 13.3. The molecule has 0 spiro atoms. The van der Waals surface area contributed by atoms with Crippen LogP contribution in [-0.2, 0) is 14.8 Å². The molecule has 3 aromatic rings. The lowest BCUT2D eigenvalue weighted by Crippen LogP contribution is -2.42. The van der Waals surface area contributed by atoms with Crippen molar-refractivity contribution < 1.29 is 22.7 Å². The zero-order valence-corrected chi connectivity index (χ0v) is 18.8. The van der Waals surface area contributed by atoms with Crippen LogP contribution in [0.1, 0.15) is 6.92 Å². The summed E-state index contributed by atoms with van der Waals surface area (Å²) in [4.78, 5) is 12.3. The van der Waals surface area contributed by atoms with Gasteiger partial charge in [0.1, 0.15) is 17.6 Å². The minimum Gasteiger partial charge on any atom is -0.487 e. The fourth-order valence-corrected chi connectivity index (χ4v) is 4.97. The second-order valence-corrected chi connectivity index (χ2v) is 9.55. The van der Waals surface area contributed by atoms with Gasteiger partial charge in [-0.25, -0.2) is 8.42 Å². The molecule has 1 unspecified atom stereocenters. The molecule has 4 rings (SSSR count). The van der Waals surface area contributed by atoms with E-state index in [-0.39, 0.29) is 30.1 Å². The highest BCUT2D eigenvalue weighted by atomic mass is 35.5. The van der Waals surface area contributed by atoms with Gasteiger partial charge in [0.25, 0.3) is 15.9 Å². The summed E-state index contributed by atoms with van der Waals surface area (Å²) in [5.74, 6) is 0.678. The van der Waals surface area contributed by atoms with Gasteiger partial charge in [-0.05, 0) is 67.6 Å². The number of sulfonamides is 1. The van der Waals surface area contributed by atoms with Crippen LogP contribution in [0, 0.1) is 0 Å². The average molecular weight is 473 g/mol. The molecule has 1 amide bonds.